The zero-order valence-electron chi connectivity index (χ0n) is 10.3. The summed E-state index contributed by atoms with van der Waals surface area (Å²) in [6, 6.07) is 8.34. The lowest BCUT2D eigenvalue weighted by Gasteiger charge is -2.17. The minimum atomic E-state index is -1.47. The summed E-state index contributed by atoms with van der Waals surface area (Å²) in [6.07, 6.45) is -2.44. The Balaban J connectivity index is 2.57. The molecule has 1 rings (SSSR count). The fourth-order valence-corrected chi connectivity index (χ4v) is 1.29. The van der Waals surface area contributed by atoms with Crippen LogP contribution >= 0.6 is 0 Å². The van der Waals surface area contributed by atoms with Crippen molar-refractivity contribution in [1.29, 1.82) is 0 Å². The third kappa shape index (κ3) is 3.85. The summed E-state index contributed by atoms with van der Waals surface area (Å²) < 4.78 is 9.61. The summed E-state index contributed by atoms with van der Waals surface area (Å²) >= 11 is 0. The number of esters is 2. The van der Waals surface area contributed by atoms with Crippen LogP contribution in [-0.2, 0) is 14.3 Å². The predicted octanol–water partition coefficient (Wildman–Crippen LogP) is 1.16. The molecule has 98 valence electrons. The first-order chi connectivity index (χ1) is 8.56. The number of ether oxygens (including phenoxy) is 2. The Labute approximate surface area is 105 Å². The fourth-order valence-electron chi connectivity index (χ4n) is 1.29. The highest BCUT2D eigenvalue weighted by molar-refractivity contribution is 5.89. The van der Waals surface area contributed by atoms with Crippen molar-refractivity contribution in [2.24, 2.45) is 0 Å². The normalized spacial score (nSPS) is 13.5. The zero-order chi connectivity index (χ0) is 13.5. The van der Waals surface area contributed by atoms with Gasteiger partial charge in [0.15, 0.2) is 6.10 Å². The van der Waals surface area contributed by atoms with E-state index < -0.39 is 24.1 Å². The number of hydrogen-bond donors (Lipinski definition) is 1. The van der Waals surface area contributed by atoms with Gasteiger partial charge in [-0.2, -0.15) is 0 Å². The fraction of sp³-hybridized carbons (Fsp3) is 0.385. The number of aliphatic hydroxyl groups excluding tert-OH is 1. The van der Waals surface area contributed by atoms with E-state index in [-0.39, 0.29) is 6.61 Å². The predicted molar refractivity (Wildman–Crippen MR) is 64.0 cm³/mol. The van der Waals surface area contributed by atoms with Crippen molar-refractivity contribution in [3.8, 4) is 0 Å². The molecule has 0 saturated heterocycles. The van der Waals surface area contributed by atoms with E-state index in [1.807, 2.05) is 0 Å². The molecule has 1 aromatic carbocycles. The van der Waals surface area contributed by atoms with E-state index in [0.717, 1.165) is 0 Å². The molecule has 1 N–H and O–H groups in total. The van der Waals surface area contributed by atoms with E-state index in [1.165, 1.54) is 6.92 Å². The lowest BCUT2D eigenvalue weighted by Crippen LogP contribution is -2.36. The van der Waals surface area contributed by atoms with Crippen molar-refractivity contribution >= 4 is 11.9 Å². The molecule has 0 spiro atoms. The third-order valence-electron chi connectivity index (χ3n) is 2.28. The van der Waals surface area contributed by atoms with Crippen LogP contribution in [0.5, 0.6) is 0 Å². The summed E-state index contributed by atoms with van der Waals surface area (Å²) in [7, 11) is 0. The number of rotatable bonds is 5. The molecular weight excluding hydrogens is 236 g/mol. The van der Waals surface area contributed by atoms with E-state index in [1.54, 1.807) is 37.3 Å². The summed E-state index contributed by atoms with van der Waals surface area (Å²) in [5.41, 5.74) is 0.361. The molecule has 0 fully saturated rings. The van der Waals surface area contributed by atoms with E-state index >= 15 is 0 Å². The molecular formula is C13H16O5. The molecule has 0 aromatic heterocycles. The van der Waals surface area contributed by atoms with Crippen molar-refractivity contribution in [2.75, 3.05) is 6.61 Å². The summed E-state index contributed by atoms with van der Waals surface area (Å²) in [5.74, 6) is -1.39. The molecule has 0 bridgehead atoms. The first-order valence-corrected chi connectivity index (χ1v) is 5.67. The van der Waals surface area contributed by atoms with Crippen LogP contribution in [0.2, 0.25) is 0 Å². The molecule has 0 unspecified atom stereocenters. The standard InChI is InChI=1S/C13H16O5/c1-3-17-13(16)11(14)9(2)18-12(15)10-7-5-4-6-8-10/h4-9,11,14H,3H2,1-2H3/t9-,11+/m1/s1. The highest BCUT2D eigenvalue weighted by atomic mass is 16.6. The number of carbonyl (C=O) groups excluding carboxylic acids is 2. The maximum absolute atomic E-state index is 11.7. The second-order valence-electron chi connectivity index (χ2n) is 3.67. The van der Waals surface area contributed by atoms with Gasteiger partial charge in [0, 0.05) is 0 Å². The molecule has 1 aromatic rings. The highest BCUT2D eigenvalue weighted by Crippen LogP contribution is 2.07. The van der Waals surface area contributed by atoms with Crippen LogP contribution in [0.15, 0.2) is 30.3 Å². The van der Waals surface area contributed by atoms with Crippen LogP contribution in [0.1, 0.15) is 24.2 Å². The van der Waals surface area contributed by atoms with Crippen LogP contribution in [0.4, 0.5) is 0 Å². The van der Waals surface area contributed by atoms with Crippen LogP contribution in [0, 0.1) is 0 Å². The van der Waals surface area contributed by atoms with Crippen LogP contribution in [0.25, 0.3) is 0 Å². The Hall–Kier alpha value is -1.88. The molecule has 0 saturated carbocycles. The highest BCUT2D eigenvalue weighted by Gasteiger charge is 2.27. The molecule has 5 heteroatoms. The Morgan fingerprint density at radius 1 is 1.28 bits per heavy atom. The van der Waals surface area contributed by atoms with Crippen molar-refractivity contribution in [1.82, 2.24) is 0 Å². The summed E-state index contributed by atoms with van der Waals surface area (Å²) in [6.45, 7) is 3.23. The van der Waals surface area contributed by atoms with E-state index in [9.17, 15) is 14.7 Å². The average Bonchev–Trinajstić information content (AvgIpc) is 2.39. The van der Waals surface area contributed by atoms with Crippen LogP contribution in [-0.4, -0.2) is 35.9 Å². The van der Waals surface area contributed by atoms with Crippen molar-refractivity contribution in [3.05, 3.63) is 35.9 Å². The first-order valence-electron chi connectivity index (χ1n) is 5.67. The van der Waals surface area contributed by atoms with Gasteiger partial charge in [-0.3, -0.25) is 0 Å². The van der Waals surface area contributed by atoms with Gasteiger partial charge in [0.2, 0.25) is 0 Å². The average molecular weight is 252 g/mol. The molecule has 0 aliphatic carbocycles. The van der Waals surface area contributed by atoms with Gasteiger partial charge in [0.1, 0.15) is 6.10 Å². The molecule has 0 heterocycles. The van der Waals surface area contributed by atoms with Crippen molar-refractivity contribution in [3.63, 3.8) is 0 Å². The molecule has 0 radical (unpaired) electrons. The Kier molecular flexibility index (Phi) is 5.32. The Morgan fingerprint density at radius 2 is 1.89 bits per heavy atom. The number of aliphatic hydroxyl groups is 1. The Bertz CT molecular complexity index is 401. The minimum Gasteiger partial charge on any atom is -0.464 e. The maximum atomic E-state index is 11.7. The topological polar surface area (TPSA) is 72.8 Å². The second-order valence-corrected chi connectivity index (χ2v) is 3.67. The molecule has 5 nitrogen and oxygen atoms in total. The van der Waals surface area contributed by atoms with E-state index in [4.69, 9.17) is 4.74 Å². The van der Waals surface area contributed by atoms with Crippen molar-refractivity contribution in [2.45, 2.75) is 26.1 Å². The Morgan fingerprint density at radius 3 is 2.44 bits per heavy atom. The van der Waals surface area contributed by atoms with Gasteiger partial charge in [0.05, 0.1) is 12.2 Å². The quantitative estimate of drug-likeness (QED) is 0.796. The molecule has 18 heavy (non-hydrogen) atoms. The van der Waals surface area contributed by atoms with E-state index in [0.29, 0.717) is 5.56 Å². The monoisotopic (exact) mass is 252 g/mol. The summed E-state index contributed by atoms with van der Waals surface area (Å²) in [4.78, 5) is 22.9. The first kappa shape index (κ1) is 14.2. The number of carbonyl (C=O) groups is 2. The van der Waals surface area contributed by atoms with E-state index in [2.05, 4.69) is 4.74 Å². The summed E-state index contributed by atoms with van der Waals surface area (Å²) in [5, 5.41) is 9.56. The molecule has 0 aliphatic rings. The molecule has 0 aliphatic heterocycles. The van der Waals surface area contributed by atoms with Crippen LogP contribution < -0.4 is 0 Å². The van der Waals surface area contributed by atoms with Gasteiger partial charge in [-0.25, -0.2) is 9.59 Å². The van der Waals surface area contributed by atoms with Gasteiger partial charge in [-0.15, -0.1) is 0 Å². The third-order valence-corrected chi connectivity index (χ3v) is 2.28. The largest absolute Gasteiger partial charge is 0.464 e. The second kappa shape index (κ2) is 6.76. The zero-order valence-corrected chi connectivity index (χ0v) is 10.3. The SMILES string of the molecule is CCOC(=O)[C@@H](O)[C@@H](C)OC(=O)c1ccccc1. The van der Waals surface area contributed by atoms with Gasteiger partial charge in [-0.05, 0) is 26.0 Å². The van der Waals surface area contributed by atoms with Gasteiger partial charge < -0.3 is 14.6 Å². The number of benzene rings is 1. The lowest BCUT2D eigenvalue weighted by atomic mass is 10.2. The van der Waals surface area contributed by atoms with Gasteiger partial charge in [-0.1, -0.05) is 18.2 Å². The van der Waals surface area contributed by atoms with Crippen LogP contribution in [0.3, 0.4) is 0 Å². The lowest BCUT2D eigenvalue weighted by molar-refractivity contribution is -0.158. The number of hydrogen-bond acceptors (Lipinski definition) is 5. The van der Waals surface area contributed by atoms with Crippen molar-refractivity contribution < 1.29 is 24.2 Å². The molecule has 0 amide bonds. The minimum absolute atomic E-state index is 0.162. The van der Waals surface area contributed by atoms with Gasteiger partial charge in [0.25, 0.3) is 0 Å². The maximum Gasteiger partial charge on any atom is 0.338 e. The molecule has 2 atom stereocenters. The van der Waals surface area contributed by atoms with Gasteiger partial charge >= 0.3 is 11.9 Å². The smallest absolute Gasteiger partial charge is 0.338 e.